The Bertz CT molecular complexity index is 336. The quantitative estimate of drug-likeness (QED) is 0.539. The van der Waals surface area contributed by atoms with Crippen molar-refractivity contribution < 1.29 is 29.7 Å². The maximum absolute atomic E-state index is 11.4. The minimum Gasteiger partial charge on any atom is -0.412 e. The Morgan fingerprint density at radius 1 is 1.12 bits per heavy atom. The number of Topliss-reactive ketones (excluding diaryl/α,β-unsaturated/α-hetero) is 3. The van der Waals surface area contributed by atoms with Crippen molar-refractivity contribution in [1.29, 1.82) is 0 Å². The van der Waals surface area contributed by atoms with E-state index < -0.39 is 41.4 Å². The molecule has 6 heteroatoms. The number of fused-ring (bicyclic) bond motifs is 1. The maximum atomic E-state index is 11.4. The second kappa shape index (κ2) is 4.40. The second-order valence-corrected chi connectivity index (χ2v) is 4.08. The molecular formula is C10H14O6. The van der Waals surface area contributed by atoms with E-state index in [-0.39, 0.29) is 18.3 Å². The van der Waals surface area contributed by atoms with Gasteiger partial charge in [0, 0.05) is 18.9 Å². The van der Waals surface area contributed by atoms with E-state index in [0.717, 1.165) is 0 Å². The summed E-state index contributed by atoms with van der Waals surface area (Å²) in [6, 6.07) is 0. The predicted octanol–water partition coefficient (Wildman–Crippen LogP) is -1.72. The summed E-state index contributed by atoms with van der Waals surface area (Å²) in [4.78, 5) is 33.9. The molecule has 90 valence electrons. The van der Waals surface area contributed by atoms with Crippen molar-refractivity contribution in [3.63, 3.8) is 0 Å². The van der Waals surface area contributed by atoms with Crippen LogP contribution in [0, 0.1) is 11.8 Å². The lowest BCUT2D eigenvalue weighted by atomic mass is 9.78. The molecule has 0 aliphatic heterocycles. The topological polar surface area (TPSA) is 112 Å². The number of ether oxygens (including phenoxy) is 1. The number of hydrogen-bond acceptors (Lipinski definition) is 5. The molecular weight excluding hydrogens is 216 g/mol. The molecule has 2 fully saturated rings. The summed E-state index contributed by atoms with van der Waals surface area (Å²) in [5.74, 6) is -3.35. The van der Waals surface area contributed by atoms with Crippen molar-refractivity contribution in [3.05, 3.63) is 0 Å². The Morgan fingerprint density at radius 3 is 2.12 bits per heavy atom. The van der Waals surface area contributed by atoms with Crippen molar-refractivity contribution >= 4 is 17.3 Å². The van der Waals surface area contributed by atoms with Crippen molar-refractivity contribution in [2.75, 3.05) is 7.11 Å². The van der Waals surface area contributed by atoms with Crippen molar-refractivity contribution in [2.45, 2.75) is 25.0 Å². The summed E-state index contributed by atoms with van der Waals surface area (Å²) < 4.78 is 5.01. The first-order chi connectivity index (χ1) is 7.06. The van der Waals surface area contributed by atoms with E-state index in [4.69, 9.17) is 4.74 Å². The van der Waals surface area contributed by atoms with Crippen LogP contribution in [0.25, 0.3) is 0 Å². The highest BCUT2D eigenvalue weighted by atomic mass is 16.5. The molecule has 0 bridgehead atoms. The fourth-order valence-corrected chi connectivity index (χ4v) is 2.44. The van der Waals surface area contributed by atoms with Crippen LogP contribution < -0.4 is 0 Å². The van der Waals surface area contributed by atoms with Crippen LogP contribution in [0.1, 0.15) is 12.8 Å². The van der Waals surface area contributed by atoms with Gasteiger partial charge in [-0.3, -0.25) is 14.4 Å². The molecule has 0 spiro atoms. The van der Waals surface area contributed by atoms with Crippen molar-refractivity contribution in [3.8, 4) is 0 Å². The highest BCUT2D eigenvalue weighted by molar-refractivity contribution is 6.68. The third kappa shape index (κ3) is 1.68. The van der Waals surface area contributed by atoms with E-state index in [2.05, 4.69) is 0 Å². The molecule has 0 aromatic carbocycles. The molecule has 4 unspecified atom stereocenters. The van der Waals surface area contributed by atoms with E-state index in [9.17, 15) is 19.5 Å². The summed E-state index contributed by atoms with van der Waals surface area (Å²) >= 11 is 0. The van der Waals surface area contributed by atoms with Gasteiger partial charge in [0.2, 0.25) is 11.6 Å². The predicted molar refractivity (Wildman–Crippen MR) is 51.7 cm³/mol. The van der Waals surface area contributed by atoms with Gasteiger partial charge in [-0.25, -0.2) is 0 Å². The zero-order valence-corrected chi connectivity index (χ0v) is 8.80. The van der Waals surface area contributed by atoms with Gasteiger partial charge in [-0.15, -0.1) is 0 Å². The van der Waals surface area contributed by atoms with Gasteiger partial charge in [0.05, 0.1) is 12.2 Å². The maximum Gasteiger partial charge on any atom is 0.264 e. The van der Waals surface area contributed by atoms with E-state index in [0.29, 0.717) is 0 Å². The van der Waals surface area contributed by atoms with Gasteiger partial charge in [-0.1, -0.05) is 0 Å². The molecule has 2 aliphatic rings. The number of aliphatic hydroxyl groups is 1. The fraction of sp³-hybridized carbons (Fsp3) is 0.700. The first-order valence-corrected chi connectivity index (χ1v) is 4.89. The van der Waals surface area contributed by atoms with Gasteiger partial charge in [0.15, 0.2) is 0 Å². The van der Waals surface area contributed by atoms with Gasteiger partial charge < -0.3 is 15.3 Å². The van der Waals surface area contributed by atoms with E-state index in [1.54, 1.807) is 0 Å². The average molecular weight is 230 g/mol. The molecule has 2 saturated carbocycles. The fourth-order valence-electron chi connectivity index (χ4n) is 2.44. The van der Waals surface area contributed by atoms with Crippen LogP contribution in [-0.2, 0) is 19.1 Å². The minimum absolute atomic E-state index is 0. The molecule has 16 heavy (non-hydrogen) atoms. The van der Waals surface area contributed by atoms with Gasteiger partial charge in [0.1, 0.15) is 0 Å². The van der Waals surface area contributed by atoms with Crippen LogP contribution in [0.2, 0.25) is 0 Å². The average Bonchev–Trinajstić information content (AvgIpc) is 2.43. The molecule has 3 N–H and O–H groups in total. The molecule has 0 aromatic rings. The summed E-state index contributed by atoms with van der Waals surface area (Å²) in [5, 5.41) is 9.61. The third-order valence-corrected chi connectivity index (χ3v) is 3.32. The number of hydrogen-bond donors (Lipinski definition) is 1. The second-order valence-electron chi connectivity index (χ2n) is 4.08. The first-order valence-electron chi connectivity index (χ1n) is 4.89. The molecule has 0 aromatic heterocycles. The summed E-state index contributed by atoms with van der Waals surface area (Å²) in [5.41, 5.74) is 0. The standard InChI is InChI=1S/C10H12O5.H2O/c1-15-7-3-5-4(2-6(7)11)8(12)10(14)9(5)13;/h4-7,11H,2-3H2,1H3;1H2. The van der Waals surface area contributed by atoms with Gasteiger partial charge in [-0.05, 0) is 12.8 Å². The van der Waals surface area contributed by atoms with Crippen LogP contribution in [0.4, 0.5) is 0 Å². The largest absolute Gasteiger partial charge is 0.412 e. The van der Waals surface area contributed by atoms with Gasteiger partial charge in [0.25, 0.3) is 5.78 Å². The highest BCUT2D eigenvalue weighted by Crippen LogP contribution is 2.37. The van der Waals surface area contributed by atoms with Crippen molar-refractivity contribution in [2.24, 2.45) is 11.8 Å². The van der Waals surface area contributed by atoms with Crippen LogP contribution in [0.15, 0.2) is 0 Å². The van der Waals surface area contributed by atoms with Gasteiger partial charge >= 0.3 is 0 Å². The first kappa shape index (κ1) is 13.0. The lowest BCUT2D eigenvalue weighted by molar-refractivity contribution is -0.141. The Labute approximate surface area is 91.9 Å². The number of carbonyl (C=O) groups is 3. The van der Waals surface area contributed by atoms with E-state index in [1.165, 1.54) is 7.11 Å². The molecule has 2 rings (SSSR count). The molecule has 0 radical (unpaired) electrons. The number of ketones is 3. The van der Waals surface area contributed by atoms with E-state index in [1.807, 2.05) is 0 Å². The Morgan fingerprint density at radius 2 is 1.62 bits per heavy atom. The molecule has 6 nitrogen and oxygen atoms in total. The molecule has 0 saturated heterocycles. The molecule has 4 atom stereocenters. The zero-order valence-electron chi connectivity index (χ0n) is 8.80. The number of carbonyl (C=O) groups excluding carboxylic acids is 3. The van der Waals surface area contributed by atoms with E-state index >= 15 is 0 Å². The lowest BCUT2D eigenvalue weighted by Crippen LogP contribution is -2.41. The van der Waals surface area contributed by atoms with Crippen LogP contribution in [-0.4, -0.2) is 47.3 Å². The highest BCUT2D eigenvalue weighted by Gasteiger charge is 2.53. The van der Waals surface area contributed by atoms with Crippen LogP contribution >= 0.6 is 0 Å². The Hall–Kier alpha value is -1.11. The van der Waals surface area contributed by atoms with Gasteiger partial charge in [-0.2, -0.15) is 0 Å². The summed E-state index contributed by atoms with van der Waals surface area (Å²) in [6.07, 6.45) is -0.800. The third-order valence-electron chi connectivity index (χ3n) is 3.32. The molecule has 0 amide bonds. The van der Waals surface area contributed by atoms with Crippen LogP contribution in [0.5, 0.6) is 0 Å². The monoisotopic (exact) mass is 230 g/mol. The number of aliphatic hydroxyl groups excluding tert-OH is 1. The minimum atomic E-state index is -0.908. The SMILES string of the molecule is COC1CC2C(=O)C(=O)C(=O)C2CC1O.O. The molecule has 0 heterocycles. The summed E-state index contributed by atoms with van der Waals surface area (Å²) in [7, 11) is 1.44. The normalized spacial score (nSPS) is 38.2. The van der Waals surface area contributed by atoms with Crippen molar-refractivity contribution in [1.82, 2.24) is 0 Å². The molecule has 2 aliphatic carbocycles. The number of rotatable bonds is 1. The Balaban J connectivity index is 0.00000128. The Kier molecular flexibility index (Phi) is 3.57. The summed E-state index contributed by atoms with van der Waals surface area (Å²) in [6.45, 7) is 0. The van der Waals surface area contributed by atoms with Crippen LogP contribution in [0.3, 0.4) is 0 Å². The smallest absolute Gasteiger partial charge is 0.264 e. The lowest BCUT2D eigenvalue weighted by Gasteiger charge is -2.32. The number of methoxy groups -OCH3 is 1. The zero-order chi connectivity index (χ0) is 11.2.